The van der Waals surface area contributed by atoms with Crippen molar-refractivity contribution < 1.29 is 14.3 Å². The molecule has 0 radical (unpaired) electrons. The van der Waals surface area contributed by atoms with Crippen LogP contribution in [0.3, 0.4) is 0 Å². The highest BCUT2D eigenvalue weighted by molar-refractivity contribution is 5.61. The van der Waals surface area contributed by atoms with E-state index in [1.54, 1.807) is 0 Å². The topological polar surface area (TPSA) is 35.5 Å². The number of ether oxygens (including phenoxy) is 2. The van der Waals surface area contributed by atoms with Gasteiger partial charge in [0.25, 0.3) is 0 Å². The van der Waals surface area contributed by atoms with Gasteiger partial charge in [0.1, 0.15) is 18.6 Å². The lowest BCUT2D eigenvalue weighted by Crippen LogP contribution is -2.06. The van der Waals surface area contributed by atoms with Crippen LogP contribution in [0.15, 0.2) is 24.3 Å². The van der Waals surface area contributed by atoms with Gasteiger partial charge in [-0.3, -0.25) is 0 Å². The fourth-order valence-electron chi connectivity index (χ4n) is 1.31. The van der Waals surface area contributed by atoms with E-state index in [1.165, 1.54) is 0 Å². The van der Waals surface area contributed by atoms with Gasteiger partial charge in [-0.2, -0.15) is 0 Å². The molecule has 0 spiro atoms. The normalized spacial score (nSPS) is 12.1. The Morgan fingerprint density at radius 2 is 1.94 bits per heavy atom. The average molecular weight is 222 g/mol. The Morgan fingerprint density at radius 3 is 2.50 bits per heavy atom. The highest BCUT2D eigenvalue weighted by Gasteiger charge is 2.03. The SMILES string of the molecule is CCOCCOc1ccc(C(C)C=O)cc1. The van der Waals surface area contributed by atoms with E-state index in [0.29, 0.717) is 19.8 Å². The van der Waals surface area contributed by atoms with Crippen molar-refractivity contribution in [3.8, 4) is 5.75 Å². The van der Waals surface area contributed by atoms with Crippen molar-refractivity contribution in [1.82, 2.24) is 0 Å². The van der Waals surface area contributed by atoms with Crippen LogP contribution in [0.25, 0.3) is 0 Å². The minimum atomic E-state index is -0.0579. The molecule has 0 aliphatic rings. The molecule has 0 amide bonds. The highest BCUT2D eigenvalue weighted by Crippen LogP contribution is 2.17. The predicted molar refractivity (Wildman–Crippen MR) is 62.9 cm³/mol. The maximum absolute atomic E-state index is 10.6. The first-order chi connectivity index (χ1) is 7.77. The first kappa shape index (κ1) is 12.7. The summed E-state index contributed by atoms with van der Waals surface area (Å²) in [6, 6.07) is 7.58. The van der Waals surface area contributed by atoms with Crippen molar-refractivity contribution in [2.24, 2.45) is 0 Å². The summed E-state index contributed by atoms with van der Waals surface area (Å²) in [5.41, 5.74) is 1.01. The van der Waals surface area contributed by atoms with E-state index < -0.39 is 0 Å². The smallest absolute Gasteiger partial charge is 0.127 e. The van der Waals surface area contributed by atoms with Gasteiger partial charge in [0.15, 0.2) is 0 Å². The number of hydrogen-bond acceptors (Lipinski definition) is 3. The largest absolute Gasteiger partial charge is 0.491 e. The lowest BCUT2D eigenvalue weighted by molar-refractivity contribution is -0.108. The Hall–Kier alpha value is -1.35. The molecule has 1 atom stereocenters. The van der Waals surface area contributed by atoms with Gasteiger partial charge in [-0.05, 0) is 24.6 Å². The van der Waals surface area contributed by atoms with Gasteiger partial charge in [0, 0.05) is 12.5 Å². The molecule has 88 valence electrons. The molecule has 16 heavy (non-hydrogen) atoms. The van der Waals surface area contributed by atoms with Crippen molar-refractivity contribution in [2.75, 3.05) is 19.8 Å². The number of carbonyl (C=O) groups excluding carboxylic acids is 1. The van der Waals surface area contributed by atoms with E-state index in [-0.39, 0.29) is 5.92 Å². The van der Waals surface area contributed by atoms with Gasteiger partial charge in [0.2, 0.25) is 0 Å². The predicted octanol–water partition coefficient (Wildman–Crippen LogP) is 2.40. The molecular formula is C13H18O3. The van der Waals surface area contributed by atoms with Crippen LogP contribution in [0.4, 0.5) is 0 Å². The first-order valence-electron chi connectivity index (χ1n) is 5.53. The second-order valence-corrected chi connectivity index (χ2v) is 3.54. The summed E-state index contributed by atoms with van der Waals surface area (Å²) in [5.74, 6) is 0.749. The molecule has 3 nitrogen and oxygen atoms in total. The molecule has 1 aromatic carbocycles. The van der Waals surface area contributed by atoms with E-state index >= 15 is 0 Å². The summed E-state index contributed by atoms with van der Waals surface area (Å²) in [6.07, 6.45) is 0.935. The molecule has 0 aliphatic heterocycles. The molecule has 0 aromatic heterocycles. The third kappa shape index (κ3) is 4.03. The molecule has 1 unspecified atom stereocenters. The van der Waals surface area contributed by atoms with E-state index in [0.717, 1.165) is 17.6 Å². The molecule has 0 N–H and O–H groups in total. The standard InChI is InChI=1S/C13H18O3/c1-3-15-8-9-16-13-6-4-12(5-7-13)11(2)10-14/h4-7,10-11H,3,8-9H2,1-2H3. The monoisotopic (exact) mass is 222 g/mol. The number of hydrogen-bond donors (Lipinski definition) is 0. The molecule has 0 bridgehead atoms. The van der Waals surface area contributed by atoms with E-state index in [9.17, 15) is 4.79 Å². The van der Waals surface area contributed by atoms with Crippen molar-refractivity contribution in [1.29, 1.82) is 0 Å². The van der Waals surface area contributed by atoms with E-state index in [4.69, 9.17) is 9.47 Å². The van der Waals surface area contributed by atoms with Gasteiger partial charge < -0.3 is 14.3 Å². The number of aldehydes is 1. The zero-order chi connectivity index (χ0) is 11.8. The minimum absolute atomic E-state index is 0.0579. The van der Waals surface area contributed by atoms with Gasteiger partial charge in [-0.15, -0.1) is 0 Å². The second-order valence-electron chi connectivity index (χ2n) is 3.54. The number of benzene rings is 1. The molecule has 0 aliphatic carbocycles. The van der Waals surface area contributed by atoms with Crippen LogP contribution in [-0.2, 0) is 9.53 Å². The Morgan fingerprint density at radius 1 is 1.25 bits per heavy atom. The van der Waals surface area contributed by atoms with Gasteiger partial charge in [-0.25, -0.2) is 0 Å². The van der Waals surface area contributed by atoms with Crippen molar-refractivity contribution in [3.63, 3.8) is 0 Å². The Kier molecular flexibility index (Phi) is 5.57. The highest BCUT2D eigenvalue weighted by atomic mass is 16.5. The van der Waals surface area contributed by atoms with Gasteiger partial charge in [0.05, 0.1) is 6.61 Å². The zero-order valence-electron chi connectivity index (χ0n) is 9.81. The van der Waals surface area contributed by atoms with Crippen LogP contribution >= 0.6 is 0 Å². The maximum Gasteiger partial charge on any atom is 0.127 e. The lowest BCUT2D eigenvalue weighted by atomic mass is 10.0. The average Bonchev–Trinajstić information content (AvgIpc) is 2.34. The quantitative estimate of drug-likeness (QED) is 0.525. The molecule has 1 aromatic rings. The summed E-state index contributed by atoms with van der Waals surface area (Å²) >= 11 is 0. The van der Waals surface area contributed by atoms with Crippen molar-refractivity contribution in [3.05, 3.63) is 29.8 Å². The summed E-state index contributed by atoms with van der Waals surface area (Å²) in [6.45, 7) is 5.69. The number of carbonyl (C=O) groups is 1. The Balaban J connectivity index is 2.42. The van der Waals surface area contributed by atoms with Gasteiger partial charge >= 0.3 is 0 Å². The third-order valence-electron chi connectivity index (χ3n) is 2.31. The van der Waals surface area contributed by atoms with Crippen LogP contribution in [0, 0.1) is 0 Å². The lowest BCUT2D eigenvalue weighted by Gasteiger charge is -2.08. The van der Waals surface area contributed by atoms with Crippen molar-refractivity contribution >= 4 is 6.29 Å². The fourth-order valence-corrected chi connectivity index (χ4v) is 1.31. The van der Waals surface area contributed by atoms with Crippen molar-refractivity contribution in [2.45, 2.75) is 19.8 Å². The zero-order valence-corrected chi connectivity index (χ0v) is 9.81. The van der Waals surface area contributed by atoms with E-state index in [2.05, 4.69) is 0 Å². The molecule has 0 heterocycles. The summed E-state index contributed by atoms with van der Waals surface area (Å²) in [4.78, 5) is 10.6. The first-order valence-corrected chi connectivity index (χ1v) is 5.53. The maximum atomic E-state index is 10.6. The van der Waals surface area contributed by atoms with Crippen LogP contribution < -0.4 is 4.74 Å². The van der Waals surface area contributed by atoms with Crippen LogP contribution in [0.2, 0.25) is 0 Å². The van der Waals surface area contributed by atoms with Crippen LogP contribution in [-0.4, -0.2) is 26.1 Å². The summed E-state index contributed by atoms with van der Waals surface area (Å²) in [5, 5.41) is 0. The fraction of sp³-hybridized carbons (Fsp3) is 0.462. The molecule has 3 heteroatoms. The van der Waals surface area contributed by atoms with Crippen LogP contribution in [0.1, 0.15) is 25.3 Å². The molecule has 0 saturated heterocycles. The third-order valence-corrected chi connectivity index (χ3v) is 2.31. The Bertz CT molecular complexity index is 305. The minimum Gasteiger partial charge on any atom is -0.491 e. The van der Waals surface area contributed by atoms with Crippen LogP contribution in [0.5, 0.6) is 5.75 Å². The number of rotatable bonds is 7. The molecular weight excluding hydrogens is 204 g/mol. The summed E-state index contributed by atoms with van der Waals surface area (Å²) < 4.78 is 10.6. The molecule has 1 rings (SSSR count). The molecule has 0 saturated carbocycles. The van der Waals surface area contributed by atoms with Gasteiger partial charge in [-0.1, -0.05) is 19.1 Å². The van der Waals surface area contributed by atoms with E-state index in [1.807, 2.05) is 38.1 Å². The molecule has 0 fully saturated rings. The second kappa shape index (κ2) is 7.01. The summed E-state index contributed by atoms with van der Waals surface area (Å²) in [7, 11) is 0. The Labute approximate surface area is 96.4 Å².